The summed E-state index contributed by atoms with van der Waals surface area (Å²) in [4.78, 5) is 27.0. The molecule has 0 bridgehead atoms. The third-order valence-electron chi connectivity index (χ3n) is 4.92. The lowest BCUT2D eigenvalue weighted by Crippen LogP contribution is -2.30. The summed E-state index contributed by atoms with van der Waals surface area (Å²) >= 11 is 0. The van der Waals surface area contributed by atoms with Gasteiger partial charge in [-0.15, -0.1) is 0 Å². The highest BCUT2D eigenvalue weighted by atomic mass is 16.3. The molecule has 0 radical (unpaired) electrons. The molecule has 1 aliphatic heterocycles. The summed E-state index contributed by atoms with van der Waals surface area (Å²) in [7, 11) is 0. The minimum absolute atomic E-state index is 0.00405. The van der Waals surface area contributed by atoms with Crippen LogP contribution >= 0.6 is 0 Å². The molecule has 0 fully saturated rings. The topological polar surface area (TPSA) is 69.6 Å². The zero-order chi connectivity index (χ0) is 19.7. The van der Waals surface area contributed by atoms with Crippen molar-refractivity contribution < 1.29 is 14.7 Å². The average Bonchev–Trinajstić information content (AvgIpc) is 2.92. The number of aryl methyl sites for hydroxylation is 2. The van der Waals surface area contributed by atoms with Gasteiger partial charge >= 0.3 is 0 Å². The summed E-state index contributed by atoms with van der Waals surface area (Å²) in [5, 5.41) is 13.1. The number of nitrogens with zero attached hydrogens (tertiary/aromatic N) is 1. The highest BCUT2D eigenvalue weighted by Crippen LogP contribution is 2.29. The number of amides is 2. The van der Waals surface area contributed by atoms with E-state index in [-0.39, 0.29) is 23.8 Å². The standard InChI is InChI=1S/C22H24N2O3/c1-13(2)17-7-5-6-8-18(17)23-21(26)20-19(25)12-24(22(20)27)16-10-9-14(3)15(4)11-16/h5-11,13,25H,12H2,1-4H3,(H,23,26). The van der Waals surface area contributed by atoms with Gasteiger partial charge in [0.15, 0.2) is 0 Å². The molecule has 0 aromatic heterocycles. The lowest BCUT2D eigenvalue weighted by atomic mass is 10.0. The Kier molecular flexibility index (Phi) is 5.04. The molecule has 27 heavy (non-hydrogen) atoms. The summed E-state index contributed by atoms with van der Waals surface area (Å²) < 4.78 is 0. The first-order valence-electron chi connectivity index (χ1n) is 9.01. The summed E-state index contributed by atoms with van der Waals surface area (Å²) in [5.41, 5.74) is 4.25. The van der Waals surface area contributed by atoms with E-state index in [1.165, 1.54) is 4.90 Å². The molecule has 1 aliphatic rings. The molecule has 2 aromatic rings. The third-order valence-corrected chi connectivity index (χ3v) is 4.92. The smallest absolute Gasteiger partial charge is 0.267 e. The van der Waals surface area contributed by atoms with Gasteiger partial charge in [-0.3, -0.25) is 9.59 Å². The fourth-order valence-corrected chi connectivity index (χ4v) is 3.19. The highest BCUT2D eigenvalue weighted by molar-refractivity contribution is 6.29. The molecule has 0 saturated carbocycles. The first kappa shape index (κ1) is 18.7. The largest absolute Gasteiger partial charge is 0.509 e. The Hall–Kier alpha value is -3.08. The predicted molar refractivity (Wildman–Crippen MR) is 107 cm³/mol. The molecule has 0 aliphatic carbocycles. The van der Waals surface area contributed by atoms with E-state index in [1.807, 2.05) is 64.1 Å². The van der Waals surface area contributed by atoms with Crippen LogP contribution in [-0.4, -0.2) is 23.5 Å². The van der Waals surface area contributed by atoms with E-state index in [4.69, 9.17) is 0 Å². The van der Waals surface area contributed by atoms with Crippen molar-refractivity contribution in [3.63, 3.8) is 0 Å². The minimum Gasteiger partial charge on any atom is -0.509 e. The zero-order valence-corrected chi connectivity index (χ0v) is 16.0. The molecular weight excluding hydrogens is 340 g/mol. The third kappa shape index (κ3) is 3.58. The second-order valence-electron chi connectivity index (χ2n) is 7.18. The van der Waals surface area contributed by atoms with E-state index in [9.17, 15) is 14.7 Å². The van der Waals surface area contributed by atoms with Crippen molar-refractivity contribution in [1.29, 1.82) is 0 Å². The van der Waals surface area contributed by atoms with Gasteiger partial charge < -0.3 is 15.3 Å². The first-order valence-corrected chi connectivity index (χ1v) is 9.01. The molecule has 0 unspecified atom stereocenters. The summed E-state index contributed by atoms with van der Waals surface area (Å²) in [5.74, 6) is -1.07. The van der Waals surface area contributed by atoms with Crippen LogP contribution in [-0.2, 0) is 9.59 Å². The molecule has 140 valence electrons. The van der Waals surface area contributed by atoms with Crippen LogP contribution in [0.3, 0.4) is 0 Å². The number of anilines is 2. The van der Waals surface area contributed by atoms with Gasteiger partial charge in [0.2, 0.25) is 0 Å². The average molecular weight is 364 g/mol. The summed E-state index contributed by atoms with van der Waals surface area (Å²) in [6.45, 7) is 8.01. The Bertz CT molecular complexity index is 944. The number of benzene rings is 2. The van der Waals surface area contributed by atoms with Crippen molar-refractivity contribution in [3.05, 3.63) is 70.5 Å². The zero-order valence-electron chi connectivity index (χ0n) is 16.0. The molecular formula is C22H24N2O3. The maximum absolute atomic E-state index is 12.8. The Morgan fingerprint density at radius 1 is 1.11 bits per heavy atom. The van der Waals surface area contributed by atoms with Crippen LogP contribution in [0.25, 0.3) is 0 Å². The Morgan fingerprint density at radius 3 is 2.48 bits per heavy atom. The fraction of sp³-hybridized carbons (Fsp3) is 0.273. The highest BCUT2D eigenvalue weighted by Gasteiger charge is 2.36. The van der Waals surface area contributed by atoms with Gasteiger partial charge in [-0.25, -0.2) is 0 Å². The lowest BCUT2D eigenvalue weighted by Gasteiger charge is -2.18. The second-order valence-corrected chi connectivity index (χ2v) is 7.18. The number of carbonyl (C=O) groups excluding carboxylic acids is 2. The number of hydrogen-bond donors (Lipinski definition) is 2. The summed E-state index contributed by atoms with van der Waals surface area (Å²) in [6.07, 6.45) is 0. The Morgan fingerprint density at radius 2 is 1.81 bits per heavy atom. The number of rotatable bonds is 4. The number of para-hydroxylation sites is 1. The van der Waals surface area contributed by atoms with E-state index < -0.39 is 11.8 Å². The van der Waals surface area contributed by atoms with Crippen molar-refractivity contribution in [2.75, 3.05) is 16.8 Å². The number of aliphatic hydroxyl groups excluding tert-OH is 1. The number of aliphatic hydroxyl groups is 1. The van der Waals surface area contributed by atoms with Crippen molar-refractivity contribution in [3.8, 4) is 0 Å². The van der Waals surface area contributed by atoms with Gasteiger partial charge in [0.05, 0.1) is 6.54 Å². The van der Waals surface area contributed by atoms with Gasteiger partial charge in [0.25, 0.3) is 11.8 Å². The molecule has 5 heteroatoms. The quantitative estimate of drug-likeness (QED) is 0.798. The molecule has 0 atom stereocenters. The number of nitrogens with one attached hydrogen (secondary N) is 1. The van der Waals surface area contributed by atoms with Crippen LogP contribution in [0, 0.1) is 13.8 Å². The van der Waals surface area contributed by atoms with Gasteiger partial charge in [-0.2, -0.15) is 0 Å². The predicted octanol–water partition coefficient (Wildman–Crippen LogP) is 4.22. The molecule has 2 aromatic carbocycles. The SMILES string of the molecule is Cc1ccc(N2CC(O)=C(C(=O)Nc3ccccc3C(C)C)C2=O)cc1C. The Labute approximate surface area is 159 Å². The number of hydrogen-bond acceptors (Lipinski definition) is 3. The molecule has 2 amide bonds. The van der Waals surface area contributed by atoms with Crippen LogP contribution in [0.4, 0.5) is 11.4 Å². The maximum atomic E-state index is 12.8. The molecule has 0 spiro atoms. The van der Waals surface area contributed by atoms with Crippen molar-refractivity contribution in [2.24, 2.45) is 0 Å². The lowest BCUT2D eigenvalue weighted by molar-refractivity contribution is -0.119. The van der Waals surface area contributed by atoms with Crippen molar-refractivity contribution in [2.45, 2.75) is 33.6 Å². The van der Waals surface area contributed by atoms with Crippen LogP contribution in [0.2, 0.25) is 0 Å². The van der Waals surface area contributed by atoms with Gasteiger partial charge in [-0.05, 0) is 54.7 Å². The molecule has 5 nitrogen and oxygen atoms in total. The van der Waals surface area contributed by atoms with Gasteiger partial charge in [0, 0.05) is 11.4 Å². The molecule has 1 heterocycles. The van der Waals surface area contributed by atoms with Crippen LogP contribution < -0.4 is 10.2 Å². The molecule has 0 saturated heterocycles. The van der Waals surface area contributed by atoms with E-state index in [0.717, 1.165) is 16.7 Å². The van der Waals surface area contributed by atoms with Crippen LogP contribution in [0.1, 0.15) is 36.5 Å². The monoisotopic (exact) mass is 364 g/mol. The van der Waals surface area contributed by atoms with Gasteiger partial charge in [0.1, 0.15) is 11.3 Å². The molecule has 2 N–H and O–H groups in total. The van der Waals surface area contributed by atoms with Gasteiger partial charge in [-0.1, -0.05) is 38.1 Å². The summed E-state index contributed by atoms with van der Waals surface area (Å²) in [6, 6.07) is 13.1. The van der Waals surface area contributed by atoms with Crippen LogP contribution in [0.15, 0.2) is 53.8 Å². The first-order chi connectivity index (χ1) is 12.8. The van der Waals surface area contributed by atoms with E-state index in [1.54, 1.807) is 6.07 Å². The normalized spacial score (nSPS) is 14.3. The van der Waals surface area contributed by atoms with Crippen molar-refractivity contribution in [1.82, 2.24) is 0 Å². The van der Waals surface area contributed by atoms with E-state index in [0.29, 0.717) is 11.4 Å². The Balaban J connectivity index is 1.84. The fourth-order valence-electron chi connectivity index (χ4n) is 3.19. The minimum atomic E-state index is -0.586. The van der Waals surface area contributed by atoms with E-state index in [2.05, 4.69) is 5.32 Å². The number of carbonyl (C=O) groups is 2. The van der Waals surface area contributed by atoms with E-state index >= 15 is 0 Å². The second kappa shape index (κ2) is 7.27. The van der Waals surface area contributed by atoms with Crippen LogP contribution in [0.5, 0.6) is 0 Å². The maximum Gasteiger partial charge on any atom is 0.267 e. The van der Waals surface area contributed by atoms with Crippen molar-refractivity contribution >= 4 is 23.2 Å². The molecule has 3 rings (SSSR count).